The van der Waals surface area contributed by atoms with E-state index in [0.29, 0.717) is 28.3 Å². The van der Waals surface area contributed by atoms with Crippen LogP contribution in [0.2, 0.25) is 0 Å². The molecule has 3 atom stereocenters. The number of nitrogens with one attached hydrogen (secondary N) is 2. The van der Waals surface area contributed by atoms with Gasteiger partial charge >= 0.3 is 0 Å². The monoisotopic (exact) mass is 530 g/mol. The van der Waals surface area contributed by atoms with Crippen LogP contribution in [-0.4, -0.2) is 34.0 Å². The SMILES string of the molecule is Cc1cc([C@@H](C)Nc2ccccc2C(O)OC(C)(C)C)c2oc(N3CCCC(c4cn[nH]c4)C3)cc(=O)c2c1. The van der Waals surface area contributed by atoms with E-state index < -0.39 is 11.9 Å². The van der Waals surface area contributed by atoms with Crippen molar-refractivity contribution in [2.24, 2.45) is 0 Å². The first kappa shape index (κ1) is 27.0. The number of fused-ring (bicyclic) bond motifs is 1. The summed E-state index contributed by atoms with van der Waals surface area (Å²) < 4.78 is 12.3. The van der Waals surface area contributed by atoms with E-state index >= 15 is 0 Å². The molecule has 0 saturated carbocycles. The predicted molar refractivity (Wildman–Crippen MR) is 154 cm³/mol. The molecular formula is C31H38N4O4. The average molecular weight is 531 g/mol. The van der Waals surface area contributed by atoms with Crippen molar-refractivity contribution in [2.45, 2.75) is 71.3 Å². The number of nitrogens with zero attached hydrogens (tertiary/aromatic N) is 2. The Bertz CT molecular complexity index is 1490. The van der Waals surface area contributed by atoms with Crippen LogP contribution in [0.15, 0.2) is 64.1 Å². The minimum absolute atomic E-state index is 0.0526. The van der Waals surface area contributed by atoms with E-state index in [0.717, 1.165) is 42.7 Å². The normalized spacial score (nSPS) is 17.8. The number of aromatic amines is 1. The van der Waals surface area contributed by atoms with Crippen molar-refractivity contribution in [1.82, 2.24) is 10.2 Å². The van der Waals surface area contributed by atoms with Crippen molar-refractivity contribution in [2.75, 3.05) is 23.3 Å². The minimum Gasteiger partial charge on any atom is -0.440 e. The highest BCUT2D eigenvalue weighted by atomic mass is 16.6. The van der Waals surface area contributed by atoms with Crippen molar-refractivity contribution in [3.05, 3.63) is 87.3 Å². The molecule has 8 nitrogen and oxygen atoms in total. The Morgan fingerprint density at radius 1 is 1.21 bits per heavy atom. The highest BCUT2D eigenvalue weighted by Gasteiger charge is 2.26. The van der Waals surface area contributed by atoms with Gasteiger partial charge < -0.3 is 24.5 Å². The van der Waals surface area contributed by atoms with Gasteiger partial charge in [0.15, 0.2) is 17.6 Å². The number of aliphatic hydroxyl groups excluding tert-OH is 1. The van der Waals surface area contributed by atoms with Gasteiger partial charge in [-0.2, -0.15) is 5.10 Å². The van der Waals surface area contributed by atoms with E-state index in [-0.39, 0.29) is 11.5 Å². The van der Waals surface area contributed by atoms with Crippen LogP contribution in [0.4, 0.5) is 11.6 Å². The Morgan fingerprint density at radius 3 is 2.74 bits per heavy atom. The molecule has 3 heterocycles. The molecule has 1 aliphatic heterocycles. The predicted octanol–water partition coefficient (Wildman–Crippen LogP) is 6.19. The second kappa shape index (κ2) is 10.9. The molecule has 0 aliphatic carbocycles. The molecular weight excluding hydrogens is 492 g/mol. The van der Waals surface area contributed by atoms with Gasteiger partial charge in [0.1, 0.15) is 5.58 Å². The van der Waals surface area contributed by atoms with Crippen molar-refractivity contribution in [3.63, 3.8) is 0 Å². The van der Waals surface area contributed by atoms with Crippen LogP contribution in [0.3, 0.4) is 0 Å². The van der Waals surface area contributed by atoms with E-state index in [1.54, 1.807) is 6.07 Å². The maximum atomic E-state index is 13.3. The third-order valence-electron chi connectivity index (χ3n) is 7.24. The van der Waals surface area contributed by atoms with Gasteiger partial charge in [-0.1, -0.05) is 24.3 Å². The lowest BCUT2D eigenvalue weighted by atomic mass is 9.93. The average Bonchev–Trinajstić information content (AvgIpc) is 3.43. The molecule has 0 spiro atoms. The van der Waals surface area contributed by atoms with E-state index in [1.807, 2.05) is 77.3 Å². The van der Waals surface area contributed by atoms with Gasteiger partial charge in [-0.15, -0.1) is 0 Å². The van der Waals surface area contributed by atoms with Crippen molar-refractivity contribution in [3.8, 4) is 0 Å². The maximum Gasteiger partial charge on any atom is 0.200 e. The molecule has 8 heteroatoms. The third kappa shape index (κ3) is 6.02. The number of para-hydroxylation sites is 1. The molecule has 1 fully saturated rings. The van der Waals surface area contributed by atoms with E-state index in [4.69, 9.17) is 9.15 Å². The Hall–Kier alpha value is -3.62. The minimum atomic E-state index is -1.08. The number of ether oxygens (including phenoxy) is 1. The van der Waals surface area contributed by atoms with Gasteiger partial charge in [-0.05, 0) is 70.7 Å². The highest BCUT2D eigenvalue weighted by Crippen LogP contribution is 2.35. The Labute approximate surface area is 229 Å². The summed E-state index contributed by atoms with van der Waals surface area (Å²) in [5, 5.41) is 21.9. The van der Waals surface area contributed by atoms with E-state index in [2.05, 4.69) is 26.5 Å². The molecule has 4 aromatic rings. The number of anilines is 2. The summed E-state index contributed by atoms with van der Waals surface area (Å²) >= 11 is 0. The lowest BCUT2D eigenvalue weighted by molar-refractivity contribution is -0.169. The van der Waals surface area contributed by atoms with Gasteiger partial charge in [0, 0.05) is 48.1 Å². The van der Waals surface area contributed by atoms with Gasteiger partial charge in [0.2, 0.25) is 0 Å². The van der Waals surface area contributed by atoms with Gasteiger partial charge in [-0.3, -0.25) is 9.89 Å². The summed E-state index contributed by atoms with van der Waals surface area (Å²) in [6, 6.07) is 12.9. The summed E-state index contributed by atoms with van der Waals surface area (Å²) in [7, 11) is 0. The zero-order valence-corrected chi connectivity index (χ0v) is 23.3. The second-order valence-electron chi connectivity index (χ2n) is 11.5. The zero-order chi connectivity index (χ0) is 27.7. The van der Waals surface area contributed by atoms with Crippen molar-refractivity contribution >= 4 is 22.5 Å². The largest absolute Gasteiger partial charge is 0.440 e. The molecule has 2 unspecified atom stereocenters. The Kier molecular flexibility index (Phi) is 7.51. The number of hydrogen-bond donors (Lipinski definition) is 3. The number of aromatic nitrogens is 2. The van der Waals surface area contributed by atoms with Gasteiger partial charge in [0.05, 0.1) is 23.2 Å². The van der Waals surface area contributed by atoms with Crippen LogP contribution < -0.4 is 15.6 Å². The van der Waals surface area contributed by atoms with Crippen LogP contribution in [0.5, 0.6) is 0 Å². The summed E-state index contributed by atoms with van der Waals surface area (Å²) in [4.78, 5) is 15.5. The molecule has 0 amide bonds. The van der Waals surface area contributed by atoms with Crippen molar-refractivity contribution in [1.29, 1.82) is 0 Å². The third-order valence-corrected chi connectivity index (χ3v) is 7.24. The van der Waals surface area contributed by atoms with Crippen LogP contribution >= 0.6 is 0 Å². The summed E-state index contributed by atoms with van der Waals surface area (Å²) in [6.07, 6.45) is 4.82. The molecule has 1 saturated heterocycles. The molecule has 2 aromatic heterocycles. The van der Waals surface area contributed by atoms with Crippen molar-refractivity contribution < 1.29 is 14.3 Å². The Morgan fingerprint density at radius 2 is 2.00 bits per heavy atom. The van der Waals surface area contributed by atoms with Crippen LogP contribution in [0.25, 0.3) is 11.0 Å². The van der Waals surface area contributed by atoms with E-state index in [1.165, 1.54) is 5.56 Å². The first-order valence-corrected chi connectivity index (χ1v) is 13.6. The second-order valence-corrected chi connectivity index (χ2v) is 11.5. The smallest absolute Gasteiger partial charge is 0.200 e. The molecule has 0 bridgehead atoms. The molecule has 39 heavy (non-hydrogen) atoms. The number of rotatable bonds is 7. The zero-order valence-electron chi connectivity index (χ0n) is 23.3. The molecule has 0 radical (unpaired) electrons. The fraction of sp³-hybridized carbons (Fsp3) is 0.419. The number of H-pyrrole nitrogens is 1. The molecule has 5 rings (SSSR count). The topological polar surface area (TPSA) is 104 Å². The fourth-order valence-corrected chi connectivity index (χ4v) is 5.39. The number of aryl methyl sites for hydroxylation is 1. The van der Waals surface area contributed by atoms with Crippen LogP contribution in [-0.2, 0) is 4.74 Å². The first-order valence-electron chi connectivity index (χ1n) is 13.6. The fourth-order valence-electron chi connectivity index (χ4n) is 5.39. The van der Waals surface area contributed by atoms with E-state index in [9.17, 15) is 9.90 Å². The highest BCUT2D eigenvalue weighted by molar-refractivity contribution is 5.82. The summed E-state index contributed by atoms with van der Waals surface area (Å²) in [5.74, 6) is 0.919. The van der Waals surface area contributed by atoms with Crippen LogP contribution in [0.1, 0.15) is 81.0 Å². The molecule has 2 aromatic carbocycles. The maximum absolute atomic E-state index is 13.3. The quantitative estimate of drug-likeness (QED) is 0.245. The number of hydrogen-bond acceptors (Lipinski definition) is 7. The van der Waals surface area contributed by atoms with Crippen LogP contribution in [0, 0.1) is 6.92 Å². The molecule has 3 N–H and O–H groups in total. The molecule has 1 aliphatic rings. The number of piperidine rings is 1. The summed E-state index contributed by atoms with van der Waals surface area (Å²) in [5.41, 5.74) is 4.47. The number of benzene rings is 2. The summed E-state index contributed by atoms with van der Waals surface area (Å²) in [6.45, 7) is 11.3. The van der Waals surface area contributed by atoms with Gasteiger partial charge in [-0.25, -0.2) is 0 Å². The molecule has 206 valence electrons. The lowest BCUT2D eigenvalue weighted by Gasteiger charge is -2.33. The first-order chi connectivity index (χ1) is 18.6. The number of aliphatic hydroxyl groups is 1. The standard InChI is InChI=1S/C31H38N4O4/c1-19-13-24(20(2)34-26-11-7-6-10-23(26)30(37)39-31(3,4)5)29-25(14-19)27(36)15-28(38-29)35-12-8-9-21(18-35)22-16-32-33-17-22/h6-7,10-11,13-17,20-21,30,34,37H,8-9,12,18H2,1-5H3,(H,32,33)/t20-,21?,30?/m1/s1. The van der Waals surface area contributed by atoms with Gasteiger partial charge in [0.25, 0.3) is 0 Å². The Balaban J connectivity index is 1.48. The lowest BCUT2D eigenvalue weighted by Crippen LogP contribution is -2.34.